The van der Waals surface area contributed by atoms with Crippen LogP contribution < -0.4 is 0 Å². The summed E-state index contributed by atoms with van der Waals surface area (Å²) < 4.78 is 5.03. The summed E-state index contributed by atoms with van der Waals surface area (Å²) in [5, 5.41) is 11.4. The topological polar surface area (TPSA) is 53.7 Å². The van der Waals surface area contributed by atoms with Crippen molar-refractivity contribution in [2.24, 2.45) is 0 Å². The molecule has 94 valence electrons. The van der Waals surface area contributed by atoms with Gasteiger partial charge in [-0.2, -0.15) is 0 Å². The van der Waals surface area contributed by atoms with Gasteiger partial charge in [-0.25, -0.2) is 0 Å². The van der Waals surface area contributed by atoms with Crippen molar-refractivity contribution in [3.05, 3.63) is 46.0 Å². The molecule has 0 aromatic carbocycles. The summed E-state index contributed by atoms with van der Waals surface area (Å²) >= 11 is 1.65. The summed E-state index contributed by atoms with van der Waals surface area (Å²) in [6.45, 7) is 1.39. The van der Waals surface area contributed by atoms with Gasteiger partial charge in [0.2, 0.25) is 0 Å². The molecule has 0 saturated heterocycles. The zero-order valence-electron chi connectivity index (χ0n) is 9.70. The summed E-state index contributed by atoms with van der Waals surface area (Å²) in [7, 11) is 0. The number of fused-ring (bicyclic) bond motifs is 1. The Morgan fingerprint density at radius 2 is 2.44 bits per heavy atom. The summed E-state index contributed by atoms with van der Waals surface area (Å²) in [4.78, 5) is 14.7. The monoisotopic (exact) mass is 263 g/mol. The van der Waals surface area contributed by atoms with E-state index in [1.54, 1.807) is 23.9 Å². The van der Waals surface area contributed by atoms with Crippen LogP contribution in [0, 0.1) is 0 Å². The van der Waals surface area contributed by atoms with Crippen LogP contribution in [0.3, 0.4) is 0 Å². The highest BCUT2D eigenvalue weighted by Gasteiger charge is 2.33. The summed E-state index contributed by atoms with van der Waals surface area (Å²) in [6.07, 6.45) is 4.21. The average molecular weight is 263 g/mol. The molecule has 4 nitrogen and oxygen atoms in total. The predicted molar refractivity (Wildman–Crippen MR) is 67.5 cm³/mol. The van der Waals surface area contributed by atoms with Gasteiger partial charge in [-0.1, -0.05) is 0 Å². The van der Waals surface area contributed by atoms with Crippen molar-refractivity contribution in [1.29, 1.82) is 0 Å². The fourth-order valence-electron chi connectivity index (χ4n) is 2.44. The van der Waals surface area contributed by atoms with Crippen molar-refractivity contribution < 1.29 is 14.3 Å². The van der Waals surface area contributed by atoms with Crippen molar-refractivity contribution >= 4 is 17.3 Å². The first-order valence-corrected chi connectivity index (χ1v) is 6.68. The number of hydrogen-bond acceptors (Lipinski definition) is 4. The van der Waals surface area contributed by atoms with Crippen LogP contribution >= 0.6 is 11.3 Å². The normalized spacial score (nSPS) is 19.7. The highest BCUT2D eigenvalue weighted by atomic mass is 32.1. The van der Waals surface area contributed by atoms with Gasteiger partial charge in [0.1, 0.15) is 6.04 Å². The fourth-order valence-corrected chi connectivity index (χ4v) is 3.35. The molecule has 3 rings (SSSR count). The van der Waals surface area contributed by atoms with E-state index >= 15 is 0 Å². The standard InChI is InChI=1S/C13H13NO3S/c15-13(16)12-10-3-6-18-11(10)1-4-14(12)7-9-2-5-17-8-9/h2-3,5-6,8,12H,1,4,7H2,(H,15,16). The molecule has 2 aromatic rings. The molecule has 5 heteroatoms. The van der Waals surface area contributed by atoms with Crippen molar-refractivity contribution in [2.75, 3.05) is 6.54 Å². The van der Waals surface area contributed by atoms with Gasteiger partial charge in [0, 0.05) is 23.5 Å². The molecule has 1 aliphatic heterocycles. The number of carboxylic acids is 1. The molecule has 1 N–H and O–H groups in total. The number of thiophene rings is 1. The van der Waals surface area contributed by atoms with E-state index in [1.165, 1.54) is 4.88 Å². The Bertz CT molecular complexity index is 546. The lowest BCUT2D eigenvalue weighted by atomic mass is 9.99. The summed E-state index contributed by atoms with van der Waals surface area (Å²) in [5.74, 6) is -0.780. The van der Waals surface area contributed by atoms with Crippen LogP contribution in [-0.4, -0.2) is 22.5 Å². The first-order chi connectivity index (χ1) is 8.75. The lowest BCUT2D eigenvalue weighted by Crippen LogP contribution is -2.38. The molecule has 0 amide bonds. The van der Waals surface area contributed by atoms with Gasteiger partial charge in [0.05, 0.1) is 12.5 Å². The molecule has 18 heavy (non-hydrogen) atoms. The second kappa shape index (κ2) is 4.59. The van der Waals surface area contributed by atoms with Gasteiger partial charge in [-0.15, -0.1) is 11.3 Å². The van der Waals surface area contributed by atoms with Crippen molar-refractivity contribution in [1.82, 2.24) is 4.90 Å². The van der Waals surface area contributed by atoms with Gasteiger partial charge in [0.15, 0.2) is 0 Å². The zero-order valence-corrected chi connectivity index (χ0v) is 10.5. The first kappa shape index (κ1) is 11.5. The van der Waals surface area contributed by atoms with Crippen LogP contribution in [-0.2, 0) is 17.8 Å². The maximum Gasteiger partial charge on any atom is 0.325 e. The fraction of sp³-hybridized carbons (Fsp3) is 0.308. The van der Waals surface area contributed by atoms with Crippen LogP contribution in [0.4, 0.5) is 0 Å². The zero-order chi connectivity index (χ0) is 12.5. The predicted octanol–water partition coefficient (Wildman–Crippen LogP) is 2.53. The molecule has 0 aliphatic carbocycles. The third kappa shape index (κ3) is 1.95. The van der Waals surface area contributed by atoms with E-state index < -0.39 is 12.0 Å². The van der Waals surface area contributed by atoms with E-state index in [0.717, 1.165) is 24.1 Å². The first-order valence-electron chi connectivity index (χ1n) is 5.80. The molecular weight excluding hydrogens is 250 g/mol. The Morgan fingerprint density at radius 3 is 3.17 bits per heavy atom. The number of nitrogens with zero attached hydrogens (tertiary/aromatic N) is 1. The Morgan fingerprint density at radius 1 is 1.56 bits per heavy atom. The maximum absolute atomic E-state index is 11.5. The number of rotatable bonds is 3. The van der Waals surface area contributed by atoms with E-state index in [-0.39, 0.29) is 0 Å². The van der Waals surface area contributed by atoms with Crippen LogP contribution in [0.15, 0.2) is 34.5 Å². The highest BCUT2D eigenvalue weighted by Crippen LogP contribution is 2.34. The minimum Gasteiger partial charge on any atom is -0.480 e. The number of carboxylic acid groups (broad SMARTS) is 1. The van der Waals surface area contributed by atoms with Gasteiger partial charge >= 0.3 is 5.97 Å². The number of furan rings is 1. The lowest BCUT2D eigenvalue weighted by molar-refractivity contribution is -0.144. The number of carbonyl (C=O) groups is 1. The molecular formula is C13H13NO3S. The Kier molecular flexibility index (Phi) is 2.93. The van der Waals surface area contributed by atoms with Crippen LogP contribution in [0.1, 0.15) is 22.0 Å². The minimum absolute atomic E-state index is 0.533. The van der Waals surface area contributed by atoms with E-state index in [1.807, 2.05) is 22.4 Å². The molecule has 3 heterocycles. The summed E-state index contributed by atoms with van der Waals surface area (Å²) in [5.41, 5.74) is 1.96. The second-order valence-electron chi connectivity index (χ2n) is 4.39. The molecule has 0 fully saturated rings. The average Bonchev–Trinajstić information content (AvgIpc) is 2.98. The lowest BCUT2D eigenvalue weighted by Gasteiger charge is -2.32. The van der Waals surface area contributed by atoms with E-state index in [4.69, 9.17) is 4.42 Å². The Labute approximate surface area is 108 Å². The largest absolute Gasteiger partial charge is 0.480 e. The maximum atomic E-state index is 11.5. The van der Waals surface area contributed by atoms with Crippen LogP contribution in [0.25, 0.3) is 0 Å². The van der Waals surface area contributed by atoms with Crippen molar-refractivity contribution in [2.45, 2.75) is 19.0 Å². The van der Waals surface area contributed by atoms with Crippen LogP contribution in [0.2, 0.25) is 0 Å². The minimum atomic E-state index is -0.780. The highest BCUT2D eigenvalue weighted by molar-refractivity contribution is 7.10. The van der Waals surface area contributed by atoms with Crippen molar-refractivity contribution in [3.63, 3.8) is 0 Å². The molecule has 0 radical (unpaired) electrons. The molecule has 0 saturated carbocycles. The van der Waals surface area contributed by atoms with Crippen LogP contribution in [0.5, 0.6) is 0 Å². The smallest absolute Gasteiger partial charge is 0.325 e. The SMILES string of the molecule is O=C(O)C1c2ccsc2CCN1Cc1ccoc1. The van der Waals surface area contributed by atoms with E-state index in [9.17, 15) is 9.90 Å². The van der Waals surface area contributed by atoms with Gasteiger partial charge < -0.3 is 9.52 Å². The molecule has 2 aromatic heterocycles. The third-order valence-electron chi connectivity index (χ3n) is 3.27. The second-order valence-corrected chi connectivity index (χ2v) is 5.39. The molecule has 1 aliphatic rings. The third-order valence-corrected chi connectivity index (χ3v) is 4.26. The van der Waals surface area contributed by atoms with E-state index in [0.29, 0.717) is 6.54 Å². The van der Waals surface area contributed by atoms with Gasteiger partial charge in [-0.3, -0.25) is 9.69 Å². The van der Waals surface area contributed by atoms with E-state index in [2.05, 4.69) is 0 Å². The molecule has 0 bridgehead atoms. The quantitative estimate of drug-likeness (QED) is 0.924. The molecule has 1 unspecified atom stereocenters. The Balaban J connectivity index is 1.89. The summed E-state index contributed by atoms with van der Waals surface area (Å²) in [6, 6.07) is 3.28. The van der Waals surface area contributed by atoms with Gasteiger partial charge in [-0.05, 0) is 29.5 Å². The Hall–Kier alpha value is -1.59. The molecule has 0 spiro atoms. The number of aliphatic carboxylic acids is 1. The number of hydrogen-bond donors (Lipinski definition) is 1. The van der Waals surface area contributed by atoms with Crippen molar-refractivity contribution in [3.8, 4) is 0 Å². The molecule has 1 atom stereocenters. The van der Waals surface area contributed by atoms with Gasteiger partial charge in [0.25, 0.3) is 0 Å².